The summed E-state index contributed by atoms with van der Waals surface area (Å²) in [6.07, 6.45) is 0. The summed E-state index contributed by atoms with van der Waals surface area (Å²) in [6.45, 7) is 2.98. The van der Waals surface area contributed by atoms with Gasteiger partial charge in [0, 0.05) is 45.0 Å². The molecule has 0 unspecified atom stereocenters. The highest BCUT2D eigenvalue weighted by molar-refractivity contribution is 6.26. The fourth-order valence-electron chi connectivity index (χ4n) is 4.95. The van der Waals surface area contributed by atoms with Crippen molar-refractivity contribution >= 4 is 55.8 Å². The predicted octanol–water partition coefficient (Wildman–Crippen LogP) is 5.57. The Labute approximate surface area is 184 Å². The van der Waals surface area contributed by atoms with Gasteiger partial charge in [0.15, 0.2) is 0 Å². The van der Waals surface area contributed by atoms with E-state index in [2.05, 4.69) is 28.9 Å². The zero-order valence-corrected chi connectivity index (χ0v) is 17.6. The number of anilines is 2. The van der Waals surface area contributed by atoms with E-state index in [-0.39, 0.29) is 18.4 Å². The minimum absolute atomic E-state index is 0.0264. The van der Waals surface area contributed by atoms with E-state index in [0.29, 0.717) is 5.56 Å². The van der Waals surface area contributed by atoms with E-state index in [4.69, 9.17) is 0 Å². The Hall–Kier alpha value is -4.12. The first kappa shape index (κ1) is 18.6. The topological polar surface area (TPSA) is 54.3 Å². The molecule has 0 saturated heterocycles. The second-order valence-corrected chi connectivity index (χ2v) is 8.11. The molecular weight excluding hydrogens is 398 g/mol. The highest BCUT2D eigenvalue weighted by Crippen LogP contribution is 2.37. The van der Waals surface area contributed by atoms with Crippen LogP contribution >= 0.6 is 0 Å². The number of hydrogen-bond donors (Lipinski definition) is 1. The van der Waals surface area contributed by atoms with Crippen molar-refractivity contribution < 1.29 is 9.59 Å². The molecule has 32 heavy (non-hydrogen) atoms. The number of benzene rings is 4. The fourth-order valence-corrected chi connectivity index (χ4v) is 4.95. The minimum atomic E-state index is -0.221. The zero-order valence-electron chi connectivity index (χ0n) is 17.6. The Balaban J connectivity index is 1.31. The van der Waals surface area contributed by atoms with Crippen LogP contribution in [0.4, 0.5) is 11.4 Å². The van der Waals surface area contributed by atoms with E-state index >= 15 is 0 Å². The molecule has 4 aromatic carbocycles. The molecule has 2 amide bonds. The van der Waals surface area contributed by atoms with Gasteiger partial charge in [-0.1, -0.05) is 42.5 Å². The van der Waals surface area contributed by atoms with Crippen LogP contribution in [0, 0.1) is 0 Å². The van der Waals surface area contributed by atoms with Crippen molar-refractivity contribution in [2.24, 2.45) is 0 Å². The molecule has 6 rings (SSSR count). The number of amides is 2. The molecule has 5 heteroatoms. The van der Waals surface area contributed by atoms with E-state index in [1.54, 1.807) is 4.90 Å². The van der Waals surface area contributed by atoms with E-state index < -0.39 is 0 Å². The molecule has 0 fully saturated rings. The van der Waals surface area contributed by atoms with Gasteiger partial charge in [-0.3, -0.25) is 14.5 Å². The number of rotatable bonds is 4. The molecular formula is C27H21N3O2. The summed E-state index contributed by atoms with van der Waals surface area (Å²) in [5.41, 5.74) is 4.49. The lowest BCUT2D eigenvalue weighted by Gasteiger charge is -2.17. The Kier molecular flexibility index (Phi) is 4.05. The predicted molar refractivity (Wildman–Crippen MR) is 129 cm³/mol. The Morgan fingerprint density at radius 2 is 1.66 bits per heavy atom. The molecule has 0 spiro atoms. The maximum atomic E-state index is 13.0. The van der Waals surface area contributed by atoms with Crippen molar-refractivity contribution in [1.29, 1.82) is 0 Å². The molecule has 156 valence electrons. The number of fused-ring (bicyclic) bond motifs is 3. The first-order valence-electron chi connectivity index (χ1n) is 10.8. The molecule has 1 aliphatic heterocycles. The number of para-hydroxylation sites is 1. The van der Waals surface area contributed by atoms with Crippen molar-refractivity contribution in [2.75, 3.05) is 16.8 Å². The summed E-state index contributed by atoms with van der Waals surface area (Å²) in [6, 6.07) is 25.8. The summed E-state index contributed by atoms with van der Waals surface area (Å²) < 4.78 is 2.27. The molecule has 1 N–H and O–H groups in total. The average Bonchev–Trinajstić information content (AvgIpc) is 3.28. The molecule has 0 atom stereocenters. The van der Waals surface area contributed by atoms with Crippen LogP contribution in [0.2, 0.25) is 0 Å². The molecule has 5 nitrogen and oxygen atoms in total. The maximum absolute atomic E-state index is 13.0. The number of hydrogen-bond acceptors (Lipinski definition) is 2. The Morgan fingerprint density at radius 1 is 0.875 bits per heavy atom. The number of carbonyl (C=O) groups is 2. The van der Waals surface area contributed by atoms with Gasteiger partial charge in [0.1, 0.15) is 6.54 Å². The highest BCUT2D eigenvalue weighted by atomic mass is 16.2. The van der Waals surface area contributed by atoms with Gasteiger partial charge in [0.25, 0.3) is 5.91 Å². The lowest BCUT2D eigenvalue weighted by molar-refractivity contribution is -0.114. The molecule has 0 radical (unpaired) electrons. The van der Waals surface area contributed by atoms with Crippen molar-refractivity contribution in [2.45, 2.75) is 13.5 Å². The van der Waals surface area contributed by atoms with Gasteiger partial charge in [-0.25, -0.2) is 0 Å². The molecule has 0 bridgehead atoms. The Bertz CT molecular complexity index is 1560. The summed E-state index contributed by atoms with van der Waals surface area (Å²) >= 11 is 0. The van der Waals surface area contributed by atoms with Crippen LogP contribution in [0.15, 0.2) is 78.9 Å². The van der Waals surface area contributed by atoms with Gasteiger partial charge in [-0.2, -0.15) is 0 Å². The van der Waals surface area contributed by atoms with E-state index in [0.717, 1.165) is 45.0 Å². The fraction of sp³-hybridized carbons (Fsp3) is 0.111. The first-order valence-corrected chi connectivity index (χ1v) is 10.8. The van der Waals surface area contributed by atoms with Crippen LogP contribution in [0.25, 0.3) is 32.6 Å². The maximum Gasteiger partial charge on any atom is 0.259 e. The second kappa shape index (κ2) is 6.95. The van der Waals surface area contributed by atoms with Gasteiger partial charge in [0.05, 0.1) is 5.69 Å². The first-order chi connectivity index (χ1) is 15.7. The van der Waals surface area contributed by atoms with E-state index in [9.17, 15) is 9.59 Å². The van der Waals surface area contributed by atoms with Gasteiger partial charge >= 0.3 is 0 Å². The molecule has 5 aromatic rings. The lowest BCUT2D eigenvalue weighted by atomic mass is 10.1. The minimum Gasteiger partial charge on any atom is -0.341 e. The third kappa shape index (κ3) is 2.64. The van der Waals surface area contributed by atoms with Crippen molar-refractivity contribution in [3.05, 3.63) is 84.4 Å². The molecule has 0 aliphatic carbocycles. The van der Waals surface area contributed by atoms with Crippen molar-refractivity contribution in [1.82, 2.24) is 4.57 Å². The normalized spacial score (nSPS) is 12.9. The summed E-state index contributed by atoms with van der Waals surface area (Å²) in [7, 11) is 0. The summed E-state index contributed by atoms with van der Waals surface area (Å²) in [5, 5.41) is 7.19. The number of carbonyl (C=O) groups excluding carboxylic acids is 2. The van der Waals surface area contributed by atoms with Gasteiger partial charge < -0.3 is 9.88 Å². The standard InChI is InChI=1S/C27H21N3O2/c1-2-29-22-11-4-3-9-19(22)21-15-18(13-14-23(21)29)28-25(31)16-30-24-12-6-8-17-7-5-10-20(26(17)24)27(30)32/h3-15H,2,16H2,1H3,(H,28,31). The number of aromatic nitrogens is 1. The number of nitrogens with one attached hydrogen (secondary N) is 1. The van der Waals surface area contributed by atoms with Gasteiger partial charge in [-0.05, 0) is 48.7 Å². The number of nitrogens with zero attached hydrogens (tertiary/aromatic N) is 2. The van der Waals surface area contributed by atoms with Crippen LogP contribution in [0.1, 0.15) is 17.3 Å². The van der Waals surface area contributed by atoms with Crippen LogP contribution in [-0.4, -0.2) is 22.9 Å². The third-order valence-electron chi connectivity index (χ3n) is 6.32. The van der Waals surface area contributed by atoms with E-state index in [1.165, 1.54) is 5.52 Å². The monoisotopic (exact) mass is 419 g/mol. The van der Waals surface area contributed by atoms with Crippen LogP contribution in [0.3, 0.4) is 0 Å². The van der Waals surface area contributed by atoms with Crippen LogP contribution in [0.5, 0.6) is 0 Å². The lowest BCUT2D eigenvalue weighted by Crippen LogP contribution is -2.35. The summed E-state index contributed by atoms with van der Waals surface area (Å²) in [4.78, 5) is 27.5. The SMILES string of the molecule is CCn1c2ccccc2c2cc(NC(=O)CN3C(=O)c4cccc5cccc3c45)ccc21. The van der Waals surface area contributed by atoms with Gasteiger partial charge in [-0.15, -0.1) is 0 Å². The smallest absolute Gasteiger partial charge is 0.259 e. The van der Waals surface area contributed by atoms with Crippen molar-refractivity contribution in [3.63, 3.8) is 0 Å². The molecule has 2 heterocycles. The molecule has 0 saturated carbocycles. The second-order valence-electron chi connectivity index (χ2n) is 8.11. The largest absolute Gasteiger partial charge is 0.341 e. The third-order valence-corrected chi connectivity index (χ3v) is 6.32. The molecule has 1 aliphatic rings. The summed E-state index contributed by atoms with van der Waals surface area (Å²) in [5.74, 6) is -0.352. The van der Waals surface area contributed by atoms with Crippen molar-refractivity contribution in [3.8, 4) is 0 Å². The van der Waals surface area contributed by atoms with E-state index in [1.807, 2.05) is 66.7 Å². The zero-order chi connectivity index (χ0) is 21.8. The van der Waals surface area contributed by atoms with Crippen LogP contribution < -0.4 is 10.2 Å². The quantitative estimate of drug-likeness (QED) is 0.414. The number of aryl methyl sites for hydroxylation is 1. The Morgan fingerprint density at radius 3 is 2.50 bits per heavy atom. The van der Waals surface area contributed by atoms with Crippen LogP contribution in [-0.2, 0) is 11.3 Å². The van der Waals surface area contributed by atoms with Gasteiger partial charge in [0.2, 0.25) is 5.91 Å². The molecule has 1 aromatic heterocycles. The average molecular weight is 419 g/mol. The highest BCUT2D eigenvalue weighted by Gasteiger charge is 2.30.